The third kappa shape index (κ3) is 2.91. The van der Waals surface area contributed by atoms with Gasteiger partial charge in [-0.2, -0.15) is 0 Å². The number of hydrogen-bond donors (Lipinski definition) is 0. The molecule has 0 radical (unpaired) electrons. The van der Waals surface area contributed by atoms with Gasteiger partial charge in [-0.1, -0.05) is 6.07 Å². The van der Waals surface area contributed by atoms with Crippen LogP contribution in [0.4, 0.5) is 4.39 Å². The Morgan fingerprint density at radius 2 is 2.17 bits per heavy atom. The van der Waals surface area contributed by atoms with E-state index in [2.05, 4.69) is 4.98 Å². The molecule has 0 spiro atoms. The highest BCUT2D eigenvalue weighted by molar-refractivity contribution is 5.96. The SMILES string of the molecule is CC(=O)c1cc(F)ccc1OCc1ccccn1. The number of Topliss-reactive ketones (excluding diaryl/α,β-unsaturated/α-hetero) is 1. The van der Waals surface area contributed by atoms with E-state index < -0.39 is 5.82 Å². The van der Waals surface area contributed by atoms with Crippen LogP contribution in [0.1, 0.15) is 23.0 Å². The Balaban J connectivity index is 2.17. The maximum absolute atomic E-state index is 13.1. The molecular formula is C14H12FNO2. The Morgan fingerprint density at radius 1 is 1.33 bits per heavy atom. The summed E-state index contributed by atoms with van der Waals surface area (Å²) in [5.41, 5.74) is 0.988. The fourth-order valence-electron chi connectivity index (χ4n) is 1.54. The Bertz CT molecular complexity index is 555. The Hall–Kier alpha value is -2.23. The number of ketones is 1. The highest BCUT2D eigenvalue weighted by Crippen LogP contribution is 2.21. The molecule has 1 aromatic carbocycles. The third-order valence-electron chi connectivity index (χ3n) is 2.42. The number of halogens is 1. The normalized spacial score (nSPS) is 10.1. The number of benzene rings is 1. The number of hydrogen-bond acceptors (Lipinski definition) is 3. The molecule has 92 valence electrons. The standard InChI is InChI=1S/C14H12FNO2/c1-10(17)13-8-11(15)5-6-14(13)18-9-12-4-2-3-7-16-12/h2-8H,9H2,1H3. The van der Waals surface area contributed by atoms with E-state index in [4.69, 9.17) is 4.74 Å². The van der Waals surface area contributed by atoms with Crippen molar-refractivity contribution in [2.45, 2.75) is 13.5 Å². The first-order chi connectivity index (χ1) is 8.66. The number of nitrogens with zero attached hydrogens (tertiary/aromatic N) is 1. The predicted octanol–water partition coefficient (Wildman–Crippen LogP) is 3.00. The monoisotopic (exact) mass is 245 g/mol. The Morgan fingerprint density at radius 3 is 2.83 bits per heavy atom. The zero-order chi connectivity index (χ0) is 13.0. The van der Waals surface area contributed by atoms with Gasteiger partial charge in [-0.05, 0) is 37.3 Å². The van der Waals surface area contributed by atoms with E-state index in [1.165, 1.54) is 25.1 Å². The van der Waals surface area contributed by atoms with Gasteiger partial charge in [0.2, 0.25) is 0 Å². The van der Waals surface area contributed by atoms with Gasteiger partial charge < -0.3 is 4.74 Å². The molecule has 3 nitrogen and oxygen atoms in total. The van der Waals surface area contributed by atoms with Crippen molar-refractivity contribution in [3.05, 3.63) is 59.7 Å². The Labute approximate surface area is 104 Å². The second-order valence-corrected chi connectivity index (χ2v) is 3.81. The van der Waals surface area contributed by atoms with Crippen LogP contribution in [0.3, 0.4) is 0 Å². The lowest BCUT2D eigenvalue weighted by molar-refractivity contribution is 0.101. The molecule has 0 amide bonds. The molecule has 0 fully saturated rings. The third-order valence-corrected chi connectivity index (χ3v) is 2.42. The van der Waals surface area contributed by atoms with Crippen LogP contribution >= 0.6 is 0 Å². The summed E-state index contributed by atoms with van der Waals surface area (Å²) < 4.78 is 18.5. The molecule has 0 bridgehead atoms. The van der Waals surface area contributed by atoms with Gasteiger partial charge in [0, 0.05) is 6.20 Å². The lowest BCUT2D eigenvalue weighted by atomic mass is 10.1. The molecule has 0 saturated carbocycles. The number of pyridine rings is 1. The molecule has 1 aromatic heterocycles. The highest BCUT2D eigenvalue weighted by atomic mass is 19.1. The molecule has 2 aromatic rings. The van der Waals surface area contributed by atoms with Gasteiger partial charge in [0.05, 0.1) is 11.3 Å². The second-order valence-electron chi connectivity index (χ2n) is 3.81. The van der Waals surface area contributed by atoms with Crippen molar-refractivity contribution in [3.8, 4) is 5.75 Å². The lowest BCUT2D eigenvalue weighted by Gasteiger charge is -2.09. The maximum Gasteiger partial charge on any atom is 0.163 e. The van der Waals surface area contributed by atoms with E-state index in [9.17, 15) is 9.18 Å². The van der Waals surface area contributed by atoms with Gasteiger partial charge in [0.1, 0.15) is 18.2 Å². The molecule has 4 heteroatoms. The minimum absolute atomic E-state index is 0.231. The van der Waals surface area contributed by atoms with E-state index in [-0.39, 0.29) is 18.0 Å². The van der Waals surface area contributed by atoms with E-state index in [0.29, 0.717) is 5.75 Å². The van der Waals surface area contributed by atoms with E-state index in [1.807, 2.05) is 18.2 Å². The maximum atomic E-state index is 13.1. The summed E-state index contributed by atoms with van der Waals surface area (Å²) in [4.78, 5) is 15.5. The zero-order valence-electron chi connectivity index (χ0n) is 9.89. The van der Waals surface area contributed by atoms with Crippen molar-refractivity contribution < 1.29 is 13.9 Å². The van der Waals surface area contributed by atoms with Crippen molar-refractivity contribution in [2.75, 3.05) is 0 Å². The van der Waals surface area contributed by atoms with Crippen molar-refractivity contribution in [2.24, 2.45) is 0 Å². The Kier molecular flexibility index (Phi) is 3.67. The molecule has 0 unspecified atom stereocenters. The largest absolute Gasteiger partial charge is 0.487 e. The molecule has 0 aliphatic carbocycles. The van der Waals surface area contributed by atoms with E-state index in [1.54, 1.807) is 6.20 Å². The first-order valence-electron chi connectivity index (χ1n) is 5.50. The van der Waals surface area contributed by atoms with Crippen molar-refractivity contribution >= 4 is 5.78 Å². The van der Waals surface area contributed by atoms with Crippen LogP contribution in [0.25, 0.3) is 0 Å². The molecule has 0 N–H and O–H groups in total. The summed E-state index contributed by atoms with van der Waals surface area (Å²) in [6, 6.07) is 9.37. The minimum atomic E-state index is -0.453. The average Bonchev–Trinajstić information content (AvgIpc) is 2.38. The number of carbonyl (C=O) groups is 1. The van der Waals surface area contributed by atoms with Gasteiger partial charge in [-0.3, -0.25) is 9.78 Å². The summed E-state index contributed by atoms with van der Waals surface area (Å²) >= 11 is 0. The molecule has 2 rings (SSSR count). The van der Waals surface area contributed by atoms with Crippen molar-refractivity contribution in [1.29, 1.82) is 0 Å². The van der Waals surface area contributed by atoms with Crippen LogP contribution in [0.2, 0.25) is 0 Å². The molecule has 0 aliphatic rings. The van der Waals surface area contributed by atoms with E-state index >= 15 is 0 Å². The molecular weight excluding hydrogens is 233 g/mol. The van der Waals surface area contributed by atoms with Crippen LogP contribution in [-0.2, 0) is 6.61 Å². The van der Waals surface area contributed by atoms with Gasteiger partial charge in [-0.15, -0.1) is 0 Å². The van der Waals surface area contributed by atoms with Gasteiger partial charge >= 0.3 is 0 Å². The first kappa shape index (κ1) is 12.2. The molecule has 1 heterocycles. The molecule has 0 atom stereocenters. The second kappa shape index (κ2) is 5.40. The topological polar surface area (TPSA) is 39.2 Å². The summed E-state index contributed by atoms with van der Waals surface area (Å²) in [5.74, 6) is -0.314. The molecule has 0 aliphatic heterocycles. The average molecular weight is 245 g/mol. The number of rotatable bonds is 4. The fourth-order valence-corrected chi connectivity index (χ4v) is 1.54. The summed E-state index contributed by atoms with van der Waals surface area (Å²) in [5, 5.41) is 0. The number of carbonyl (C=O) groups excluding carboxylic acids is 1. The van der Waals surface area contributed by atoms with Gasteiger partial charge in [0.15, 0.2) is 5.78 Å². The van der Waals surface area contributed by atoms with Crippen molar-refractivity contribution in [3.63, 3.8) is 0 Å². The van der Waals surface area contributed by atoms with Crippen LogP contribution in [0.5, 0.6) is 5.75 Å². The quantitative estimate of drug-likeness (QED) is 0.777. The van der Waals surface area contributed by atoms with Crippen LogP contribution in [0.15, 0.2) is 42.6 Å². The number of ether oxygens (including phenoxy) is 1. The van der Waals surface area contributed by atoms with Crippen LogP contribution < -0.4 is 4.74 Å². The predicted molar refractivity (Wildman–Crippen MR) is 65.0 cm³/mol. The first-order valence-corrected chi connectivity index (χ1v) is 5.50. The summed E-state index contributed by atoms with van der Waals surface area (Å²) in [7, 11) is 0. The smallest absolute Gasteiger partial charge is 0.163 e. The number of aromatic nitrogens is 1. The zero-order valence-corrected chi connectivity index (χ0v) is 9.89. The summed E-state index contributed by atoms with van der Waals surface area (Å²) in [6.07, 6.45) is 1.66. The van der Waals surface area contributed by atoms with Crippen LogP contribution in [0, 0.1) is 5.82 Å². The van der Waals surface area contributed by atoms with Crippen molar-refractivity contribution in [1.82, 2.24) is 4.98 Å². The molecule has 18 heavy (non-hydrogen) atoms. The van der Waals surface area contributed by atoms with Crippen LogP contribution in [-0.4, -0.2) is 10.8 Å². The highest BCUT2D eigenvalue weighted by Gasteiger charge is 2.10. The van der Waals surface area contributed by atoms with E-state index in [0.717, 1.165) is 5.69 Å². The lowest BCUT2D eigenvalue weighted by Crippen LogP contribution is -2.03. The van der Waals surface area contributed by atoms with Gasteiger partial charge in [0.25, 0.3) is 0 Å². The molecule has 0 saturated heterocycles. The van der Waals surface area contributed by atoms with Gasteiger partial charge in [-0.25, -0.2) is 4.39 Å². The summed E-state index contributed by atoms with van der Waals surface area (Å²) in [6.45, 7) is 1.62. The minimum Gasteiger partial charge on any atom is -0.487 e. The fraction of sp³-hybridized carbons (Fsp3) is 0.143.